The average Bonchev–Trinajstić information content (AvgIpc) is 2.20. The van der Waals surface area contributed by atoms with Crippen molar-refractivity contribution in [3.05, 3.63) is 26.9 Å². The maximum absolute atomic E-state index is 10.9. The summed E-state index contributed by atoms with van der Waals surface area (Å²) >= 11 is 4.63. The van der Waals surface area contributed by atoms with Crippen molar-refractivity contribution in [1.82, 2.24) is 4.98 Å². The summed E-state index contributed by atoms with van der Waals surface area (Å²) in [4.78, 5) is 14.6. The van der Waals surface area contributed by atoms with Crippen LogP contribution in [0.4, 0.5) is 5.69 Å². The van der Waals surface area contributed by atoms with Crippen LogP contribution in [0.15, 0.2) is 21.8 Å². The third-order valence-electron chi connectivity index (χ3n) is 2.23. The van der Waals surface area contributed by atoms with E-state index in [2.05, 4.69) is 34.8 Å². The topological polar surface area (TPSA) is 56.0 Å². The van der Waals surface area contributed by atoms with Crippen LogP contribution in [0.25, 0.3) is 0 Å². The Morgan fingerprint density at radius 1 is 1.50 bits per heavy atom. The number of nitro groups is 1. The zero-order valence-electron chi connectivity index (χ0n) is 9.31. The molecule has 1 unspecified atom stereocenters. The molecule has 0 bridgehead atoms. The van der Waals surface area contributed by atoms with E-state index in [0.29, 0.717) is 20.7 Å². The largest absolute Gasteiger partial charge is 0.302 e. The van der Waals surface area contributed by atoms with Crippen molar-refractivity contribution in [2.24, 2.45) is 5.92 Å². The maximum Gasteiger partial charge on any atom is 0.302 e. The van der Waals surface area contributed by atoms with E-state index in [-0.39, 0.29) is 5.69 Å². The van der Waals surface area contributed by atoms with E-state index in [1.807, 2.05) is 6.92 Å². The van der Waals surface area contributed by atoms with E-state index >= 15 is 0 Å². The Hall–Kier alpha value is -0.620. The van der Waals surface area contributed by atoms with Crippen molar-refractivity contribution in [2.45, 2.75) is 31.0 Å². The third kappa shape index (κ3) is 3.45. The highest BCUT2D eigenvalue weighted by Gasteiger charge is 2.20. The molecule has 0 aromatic carbocycles. The minimum atomic E-state index is -0.396. The predicted molar refractivity (Wildman–Crippen MR) is 68.7 cm³/mol. The molecule has 0 aliphatic heterocycles. The lowest BCUT2D eigenvalue weighted by molar-refractivity contribution is -0.388. The number of pyridine rings is 1. The van der Waals surface area contributed by atoms with Crippen LogP contribution in [-0.4, -0.2) is 15.2 Å². The van der Waals surface area contributed by atoms with Crippen LogP contribution in [0.1, 0.15) is 20.8 Å². The van der Waals surface area contributed by atoms with Crippen molar-refractivity contribution in [3.8, 4) is 0 Å². The molecule has 1 atom stereocenters. The van der Waals surface area contributed by atoms with Crippen LogP contribution in [0, 0.1) is 16.0 Å². The molecular weight excluding hydrogens is 292 g/mol. The highest BCUT2D eigenvalue weighted by molar-refractivity contribution is 9.10. The van der Waals surface area contributed by atoms with Crippen molar-refractivity contribution in [3.63, 3.8) is 0 Å². The number of hydrogen-bond donors (Lipinski definition) is 0. The van der Waals surface area contributed by atoms with E-state index in [0.717, 1.165) is 0 Å². The Morgan fingerprint density at radius 3 is 2.62 bits per heavy atom. The first kappa shape index (κ1) is 13.4. The summed E-state index contributed by atoms with van der Waals surface area (Å²) in [7, 11) is 0. The van der Waals surface area contributed by atoms with Crippen molar-refractivity contribution < 1.29 is 4.92 Å². The molecule has 0 saturated heterocycles. The lowest BCUT2D eigenvalue weighted by Gasteiger charge is -2.13. The maximum atomic E-state index is 10.9. The number of aromatic nitrogens is 1. The Labute approximate surface area is 107 Å². The molecule has 0 aliphatic rings. The van der Waals surface area contributed by atoms with E-state index in [1.165, 1.54) is 17.8 Å². The molecule has 0 spiro atoms. The minimum absolute atomic E-state index is 0.0619. The van der Waals surface area contributed by atoms with Gasteiger partial charge in [-0.2, -0.15) is 0 Å². The van der Waals surface area contributed by atoms with E-state index in [4.69, 9.17) is 0 Å². The highest BCUT2D eigenvalue weighted by Crippen LogP contribution is 2.34. The van der Waals surface area contributed by atoms with Crippen molar-refractivity contribution in [1.29, 1.82) is 0 Å². The lowest BCUT2D eigenvalue weighted by Crippen LogP contribution is -2.06. The van der Waals surface area contributed by atoms with Gasteiger partial charge in [0.25, 0.3) is 0 Å². The van der Waals surface area contributed by atoms with Gasteiger partial charge in [0.15, 0.2) is 5.03 Å². The first-order valence-electron chi connectivity index (χ1n) is 4.88. The summed E-state index contributed by atoms with van der Waals surface area (Å²) in [6.45, 7) is 6.22. The molecule has 0 saturated carbocycles. The van der Waals surface area contributed by atoms with Gasteiger partial charge in [-0.05, 0) is 21.8 Å². The van der Waals surface area contributed by atoms with Gasteiger partial charge in [-0.3, -0.25) is 10.1 Å². The van der Waals surface area contributed by atoms with E-state index in [1.54, 1.807) is 6.20 Å². The molecule has 1 heterocycles. The Bertz CT molecular complexity index is 398. The summed E-state index contributed by atoms with van der Waals surface area (Å²) in [5.74, 6) is 0.454. The van der Waals surface area contributed by atoms with Gasteiger partial charge in [-0.1, -0.05) is 32.5 Å². The van der Waals surface area contributed by atoms with Crippen LogP contribution in [0.5, 0.6) is 0 Å². The molecule has 16 heavy (non-hydrogen) atoms. The monoisotopic (exact) mass is 304 g/mol. The second-order valence-corrected chi connectivity index (χ2v) is 6.08. The number of hydrogen-bond acceptors (Lipinski definition) is 4. The van der Waals surface area contributed by atoms with Crippen LogP contribution in [0.2, 0.25) is 0 Å². The second-order valence-electron chi connectivity index (χ2n) is 3.80. The zero-order chi connectivity index (χ0) is 12.3. The van der Waals surface area contributed by atoms with Gasteiger partial charge in [0.1, 0.15) is 0 Å². The van der Waals surface area contributed by atoms with Crippen LogP contribution >= 0.6 is 27.7 Å². The van der Waals surface area contributed by atoms with Gasteiger partial charge in [0.05, 0.1) is 4.92 Å². The Morgan fingerprint density at radius 2 is 2.12 bits per heavy atom. The molecule has 0 radical (unpaired) electrons. The molecule has 6 heteroatoms. The molecule has 0 amide bonds. The molecule has 88 valence electrons. The number of halogens is 1. The van der Waals surface area contributed by atoms with Gasteiger partial charge in [-0.25, -0.2) is 4.98 Å². The van der Waals surface area contributed by atoms with Crippen LogP contribution in [-0.2, 0) is 0 Å². The quantitative estimate of drug-likeness (QED) is 0.481. The van der Waals surface area contributed by atoms with E-state index in [9.17, 15) is 10.1 Å². The standard InChI is InChI=1S/C10H13BrN2O2S/c1-6(2)7(3)16-10-9(13(14)15)4-8(11)5-12-10/h4-7H,1-3H3. The molecule has 1 aromatic rings. The molecule has 0 aliphatic carbocycles. The summed E-state index contributed by atoms with van der Waals surface area (Å²) in [5, 5.41) is 11.6. The normalized spacial score (nSPS) is 12.8. The fourth-order valence-corrected chi connectivity index (χ4v) is 2.26. The van der Waals surface area contributed by atoms with Gasteiger partial charge in [0, 0.05) is 22.0 Å². The first-order chi connectivity index (χ1) is 7.41. The number of thioether (sulfide) groups is 1. The summed E-state index contributed by atoms with van der Waals surface area (Å²) in [6.07, 6.45) is 1.59. The molecule has 0 N–H and O–H groups in total. The van der Waals surface area contributed by atoms with Gasteiger partial charge in [0.2, 0.25) is 0 Å². The number of rotatable bonds is 4. The van der Waals surface area contributed by atoms with Gasteiger partial charge >= 0.3 is 5.69 Å². The highest BCUT2D eigenvalue weighted by atomic mass is 79.9. The SMILES string of the molecule is CC(C)C(C)Sc1ncc(Br)cc1[N+](=O)[O-]. The third-order valence-corrected chi connectivity index (χ3v) is 4.12. The fourth-order valence-electron chi connectivity index (χ4n) is 0.950. The smallest absolute Gasteiger partial charge is 0.258 e. The molecular formula is C10H13BrN2O2S. The predicted octanol–water partition coefficient (Wildman–Crippen LogP) is 3.89. The molecule has 4 nitrogen and oxygen atoms in total. The molecule has 1 aromatic heterocycles. The van der Waals surface area contributed by atoms with Crippen molar-refractivity contribution in [2.75, 3.05) is 0 Å². The zero-order valence-corrected chi connectivity index (χ0v) is 11.7. The number of nitrogens with zero attached hydrogens (tertiary/aromatic N) is 2. The summed E-state index contributed by atoms with van der Waals surface area (Å²) in [6, 6.07) is 1.49. The van der Waals surface area contributed by atoms with Crippen molar-refractivity contribution >= 4 is 33.4 Å². The fraction of sp³-hybridized carbons (Fsp3) is 0.500. The molecule has 1 rings (SSSR count). The van der Waals surface area contributed by atoms with Gasteiger partial charge in [-0.15, -0.1) is 0 Å². The van der Waals surface area contributed by atoms with Gasteiger partial charge < -0.3 is 0 Å². The van der Waals surface area contributed by atoms with E-state index < -0.39 is 4.92 Å². The minimum Gasteiger partial charge on any atom is -0.258 e. The first-order valence-corrected chi connectivity index (χ1v) is 6.55. The van der Waals surface area contributed by atoms with Crippen LogP contribution in [0.3, 0.4) is 0 Å². The molecule has 0 fully saturated rings. The Balaban J connectivity index is 2.99. The Kier molecular flexibility index (Phi) is 4.73. The lowest BCUT2D eigenvalue weighted by atomic mass is 10.2. The van der Waals surface area contributed by atoms with Crippen LogP contribution < -0.4 is 0 Å². The summed E-state index contributed by atoms with van der Waals surface area (Å²) in [5.41, 5.74) is 0.0619. The summed E-state index contributed by atoms with van der Waals surface area (Å²) < 4.78 is 0.626. The second kappa shape index (κ2) is 5.63. The average molecular weight is 305 g/mol.